The number of halogens is 2. The largest absolute Gasteiger partial charge is 0.347 e. The maximum absolute atomic E-state index is 13.3. The number of carbonyl (C=O) groups excluding carboxylic acids is 2. The van der Waals surface area contributed by atoms with E-state index in [4.69, 9.17) is 11.6 Å². The van der Waals surface area contributed by atoms with Gasteiger partial charge in [-0.25, -0.2) is 4.39 Å². The van der Waals surface area contributed by atoms with Crippen molar-refractivity contribution in [3.05, 3.63) is 29.0 Å². The standard InChI is InChI=1S/C16H20ClFN3O2P/c1-24(2)10-21-6-5-11(9-21)8-19-15(22)16(23)20-12-3-4-13(17)14(18)7-12/h3-4,7,11H,1,5-6,8-10H2,2H3,(H-,19,20,22,23)/p+1. The molecular weight excluding hydrogens is 352 g/mol. The summed E-state index contributed by atoms with van der Waals surface area (Å²) in [5, 5.41) is 4.95. The first kappa shape index (κ1) is 18.8. The number of benzene rings is 1. The van der Waals surface area contributed by atoms with Crippen LogP contribution in [0, 0.1) is 11.7 Å². The molecule has 1 aromatic rings. The second-order valence-electron chi connectivity index (χ2n) is 6.02. The predicted molar refractivity (Wildman–Crippen MR) is 97.6 cm³/mol. The Labute approximate surface area is 146 Å². The molecular formula is C16H21ClFN3O2P+. The van der Waals surface area contributed by atoms with Gasteiger partial charge in [-0.3, -0.25) is 14.5 Å². The zero-order valence-electron chi connectivity index (χ0n) is 13.5. The van der Waals surface area contributed by atoms with E-state index in [1.165, 1.54) is 12.1 Å². The summed E-state index contributed by atoms with van der Waals surface area (Å²) in [7, 11) is -0.212. The molecule has 0 aromatic heterocycles. The minimum Gasteiger partial charge on any atom is -0.347 e. The summed E-state index contributed by atoms with van der Waals surface area (Å²) < 4.78 is 13.3. The van der Waals surface area contributed by atoms with E-state index in [0.717, 1.165) is 31.9 Å². The third-order valence-corrected chi connectivity index (χ3v) is 4.94. The van der Waals surface area contributed by atoms with Gasteiger partial charge in [-0.2, -0.15) is 0 Å². The van der Waals surface area contributed by atoms with Gasteiger partial charge in [0.1, 0.15) is 5.82 Å². The van der Waals surface area contributed by atoms with Crippen LogP contribution in [-0.4, -0.2) is 55.6 Å². The van der Waals surface area contributed by atoms with Gasteiger partial charge in [-0.15, -0.1) is 0 Å². The number of hydrogen-bond donors (Lipinski definition) is 2. The van der Waals surface area contributed by atoms with E-state index in [9.17, 15) is 14.0 Å². The molecule has 1 aliphatic heterocycles. The molecule has 2 amide bonds. The molecule has 5 nitrogen and oxygen atoms in total. The zero-order valence-corrected chi connectivity index (χ0v) is 15.2. The molecule has 2 N–H and O–H groups in total. The number of likely N-dealkylation sites (tertiary alicyclic amines) is 1. The second kappa shape index (κ2) is 8.56. The highest BCUT2D eigenvalue weighted by molar-refractivity contribution is 7.54. The minimum absolute atomic E-state index is 0.0405. The van der Waals surface area contributed by atoms with E-state index < -0.39 is 17.6 Å². The lowest BCUT2D eigenvalue weighted by molar-refractivity contribution is -0.136. The van der Waals surface area contributed by atoms with E-state index in [2.05, 4.69) is 28.5 Å². The van der Waals surface area contributed by atoms with Crippen molar-refractivity contribution in [3.8, 4) is 0 Å². The molecule has 0 saturated carbocycles. The summed E-state index contributed by atoms with van der Waals surface area (Å²) in [5.74, 6) is -1.85. The van der Waals surface area contributed by atoms with Crippen LogP contribution in [0.4, 0.5) is 10.1 Å². The second-order valence-corrected chi connectivity index (χ2v) is 8.42. The molecule has 0 spiro atoms. The quantitative estimate of drug-likeness (QED) is 0.616. The predicted octanol–water partition coefficient (Wildman–Crippen LogP) is 2.36. The monoisotopic (exact) mass is 372 g/mol. The molecule has 0 radical (unpaired) electrons. The molecule has 1 aromatic carbocycles. The van der Waals surface area contributed by atoms with Gasteiger partial charge < -0.3 is 10.6 Å². The number of nitrogens with one attached hydrogen (secondary N) is 2. The number of carbonyl (C=O) groups is 2. The van der Waals surface area contributed by atoms with Crippen molar-refractivity contribution in [2.45, 2.75) is 6.42 Å². The molecule has 2 rings (SSSR count). The summed E-state index contributed by atoms with van der Waals surface area (Å²) in [6.45, 7) is 4.50. The average molecular weight is 373 g/mol. The van der Waals surface area contributed by atoms with Gasteiger partial charge in [-0.1, -0.05) is 11.6 Å². The van der Waals surface area contributed by atoms with Crippen molar-refractivity contribution in [2.24, 2.45) is 5.92 Å². The molecule has 2 atom stereocenters. The molecule has 2 unspecified atom stereocenters. The fourth-order valence-electron chi connectivity index (χ4n) is 2.63. The van der Waals surface area contributed by atoms with Crippen LogP contribution in [0.5, 0.6) is 0 Å². The van der Waals surface area contributed by atoms with E-state index in [1.807, 2.05) is 0 Å². The highest BCUT2D eigenvalue weighted by Gasteiger charge is 2.25. The van der Waals surface area contributed by atoms with E-state index in [0.29, 0.717) is 12.5 Å². The van der Waals surface area contributed by atoms with Crippen LogP contribution in [-0.2, 0) is 9.59 Å². The fourth-order valence-corrected chi connectivity index (χ4v) is 3.69. The van der Waals surface area contributed by atoms with Gasteiger partial charge in [0.05, 0.1) is 25.5 Å². The Kier molecular flexibility index (Phi) is 6.72. The first-order chi connectivity index (χ1) is 11.3. The van der Waals surface area contributed by atoms with Crippen molar-refractivity contribution in [3.63, 3.8) is 0 Å². The van der Waals surface area contributed by atoms with E-state index in [1.54, 1.807) is 0 Å². The van der Waals surface area contributed by atoms with Crippen LogP contribution in [0.3, 0.4) is 0 Å². The van der Waals surface area contributed by atoms with Crippen LogP contribution in [0.2, 0.25) is 5.02 Å². The summed E-state index contributed by atoms with van der Waals surface area (Å²) in [6.07, 6.45) is 6.04. The Bertz CT molecular complexity index is 656. The molecule has 24 heavy (non-hydrogen) atoms. The average Bonchev–Trinajstić information content (AvgIpc) is 2.95. The third-order valence-electron chi connectivity index (χ3n) is 3.75. The number of anilines is 1. The molecule has 1 saturated heterocycles. The van der Waals surface area contributed by atoms with Crippen LogP contribution in [0.1, 0.15) is 6.42 Å². The molecule has 130 valence electrons. The highest BCUT2D eigenvalue weighted by atomic mass is 35.5. The number of nitrogens with zero attached hydrogens (tertiary/aromatic N) is 1. The molecule has 8 heteroatoms. The maximum Gasteiger partial charge on any atom is 0.313 e. The Morgan fingerprint density at radius 3 is 2.88 bits per heavy atom. The van der Waals surface area contributed by atoms with Crippen molar-refractivity contribution in [1.29, 1.82) is 0 Å². The summed E-state index contributed by atoms with van der Waals surface area (Å²) >= 11 is 5.57. The van der Waals surface area contributed by atoms with Gasteiger partial charge >= 0.3 is 11.8 Å². The summed E-state index contributed by atoms with van der Waals surface area (Å²) in [4.78, 5) is 26.0. The smallest absolute Gasteiger partial charge is 0.313 e. The summed E-state index contributed by atoms with van der Waals surface area (Å²) in [5.41, 5.74) is 0.191. The van der Waals surface area contributed by atoms with Gasteiger partial charge in [0, 0.05) is 25.3 Å². The lowest BCUT2D eigenvalue weighted by Crippen LogP contribution is -2.38. The highest BCUT2D eigenvalue weighted by Crippen LogP contribution is 2.22. The molecule has 1 fully saturated rings. The van der Waals surface area contributed by atoms with Crippen LogP contribution < -0.4 is 10.6 Å². The number of amides is 2. The van der Waals surface area contributed by atoms with Gasteiger partial charge in [0.25, 0.3) is 0 Å². The van der Waals surface area contributed by atoms with Gasteiger partial charge in [0.15, 0.2) is 6.29 Å². The zero-order chi connectivity index (χ0) is 17.7. The topological polar surface area (TPSA) is 61.4 Å². The lowest BCUT2D eigenvalue weighted by Gasteiger charge is -2.13. The third kappa shape index (κ3) is 5.55. The lowest BCUT2D eigenvalue weighted by atomic mass is 10.1. The Morgan fingerprint density at radius 1 is 1.46 bits per heavy atom. The van der Waals surface area contributed by atoms with Crippen molar-refractivity contribution >= 4 is 42.9 Å². The molecule has 1 heterocycles. The molecule has 1 aliphatic rings. The molecule has 0 bridgehead atoms. The van der Waals surface area contributed by atoms with Crippen molar-refractivity contribution in [2.75, 3.05) is 37.9 Å². The first-order valence-corrected chi connectivity index (χ1v) is 10.2. The fraction of sp³-hybridized carbons (Fsp3) is 0.438. The van der Waals surface area contributed by atoms with Crippen LogP contribution in [0.25, 0.3) is 0 Å². The van der Waals surface area contributed by atoms with Crippen LogP contribution in [0.15, 0.2) is 18.2 Å². The van der Waals surface area contributed by atoms with Crippen molar-refractivity contribution < 1.29 is 14.0 Å². The number of hydrogen-bond acceptors (Lipinski definition) is 3. The Morgan fingerprint density at radius 2 is 2.21 bits per heavy atom. The van der Waals surface area contributed by atoms with Crippen LogP contribution >= 0.6 is 19.1 Å². The Hall–Kier alpha value is -1.49. The maximum atomic E-state index is 13.3. The number of rotatable bonds is 5. The van der Waals surface area contributed by atoms with E-state index >= 15 is 0 Å². The van der Waals surface area contributed by atoms with E-state index in [-0.39, 0.29) is 18.3 Å². The van der Waals surface area contributed by atoms with Gasteiger partial charge in [0.2, 0.25) is 0 Å². The molecule has 0 aliphatic carbocycles. The Balaban J connectivity index is 1.77. The minimum atomic E-state index is -0.818. The summed E-state index contributed by atoms with van der Waals surface area (Å²) in [6, 6.07) is 3.83. The normalized spacial score (nSPS) is 18.3. The van der Waals surface area contributed by atoms with Crippen molar-refractivity contribution in [1.82, 2.24) is 10.2 Å². The SMILES string of the molecule is C=[P+](C)CN1CCC(CNC(=O)C(=O)Nc2ccc(Cl)c(F)c2)C1. The van der Waals surface area contributed by atoms with Gasteiger partial charge in [-0.05, 0) is 30.5 Å². The first-order valence-electron chi connectivity index (χ1n) is 7.63.